The third-order valence-electron chi connectivity index (χ3n) is 3.29. The second-order valence-corrected chi connectivity index (χ2v) is 6.01. The molecule has 0 spiro atoms. The third-order valence-corrected chi connectivity index (χ3v) is 4.03. The van der Waals surface area contributed by atoms with E-state index in [-0.39, 0.29) is 12.5 Å². The highest BCUT2D eigenvalue weighted by Gasteiger charge is 2.09. The third kappa shape index (κ3) is 4.59. The van der Waals surface area contributed by atoms with Crippen molar-refractivity contribution < 1.29 is 9.90 Å². The molecule has 26 heavy (non-hydrogen) atoms. The Hall–Kier alpha value is -2.90. The van der Waals surface area contributed by atoms with Gasteiger partial charge >= 0.3 is 5.97 Å². The van der Waals surface area contributed by atoms with E-state index < -0.39 is 5.97 Å². The van der Waals surface area contributed by atoms with Gasteiger partial charge in [-0.25, -0.2) is 4.98 Å². The summed E-state index contributed by atoms with van der Waals surface area (Å²) in [6.45, 7) is -0.300. The molecule has 0 amide bonds. The van der Waals surface area contributed by atoms with Crippen molar-refractivity contribution in [1.29, 1.82) is 0 Å². The Kier molecular flexibility index (Phi) is 5.50. The van der Waals surface area contributed by atoms with Crippen LogP contribution in [0.5, 0.6) is 0 Å². The largest absolute Gasteiger partial charge is 0.480 e. The number of aliphatic carboxylic acids is 1. The molecule has 3 N–H and O–H groups in total. The highest BCUT2D eigenvalue weighted by atomic mass is 35.5. The number of pyridine rings is 1. The number of carbonyl (C=O) groups is 1. The predicted octanol–water partition coefficient (Wildman–Crippen LogP) is 4.09. The van der Waals surface area contributed by atoms with E-state index in [0.717, 1.165) is 5.56 Å². The van der Waals surface area contributed by atoms with E-state index in [1.165, 1.54) is 0 Å². The minimum absolute atomic E-state index is 0.185. The first-order valence-corrected chi connectivity index (χ1v) is 8.24. The molecule has 1 aromatic carbocycles. The molecule has 3 rings (SSSR count). The van der Waals surface area contributed by atoms with Crippen LogP contribution in [-0.2, 0) is 4.79 Å². The molecule has 132 valence electrons. The van der Waals surface area contributed by atoms with Gasteiger partial charge in [-0.2, -0.15) is 4.98 Å². The Morgan fingerprint density at radius 3 is 2.50 bits per heavy atom. The molecule has 0 fully saturated rings. The molecule has 2 aromatic heterocycles. The number of hydrogen-bond donors (Lipinski definition) is 3. The molecule has 2 heterocycles. The number of halogens is 2. The van der Waals surface area contributed by atoms with E-state index in [2.05, 4.69) is 25.6 Å². The molecular weight excluding hydrogens is 377 g/mol. The Balaban J connectivity index is 1.95. The van der Waals surface area contributed by atoms with Crippen LogP contribution < -0.4 is 10.6 Å². The van der Waals surface area contributed by atoms with Crippen molar-refractivity contribution in [3.8, 4) is 11.3 Å². The molecule has 0 atom stereocenters. The first-order chi connectivity index (χ1) is 12.5. The van der Waals surface area contributed by atoms with Crippen LogP contribution in [0.3, 0.4) is 0 Å². The zero-order valence-electron chi connectivity index (χ0n) is 13.3. The van der Waals surface area contributed by atoms with Gasteiger partial charge in [0.15, 0.2) is 0 Å². The van der Waals surface area contributed by atoms with Crippen molar-refractivity contribution in [3.05, 3.63) is 58.8 Å². The van der Waals surface area contributed by atoms with E-state index in [0.29, 0.717) is 27.2 Å². The summed E-state index contributed by atoms with van der Waals surface area (Å²) in [6, 6.07) is 10.4. The standard InChI is InChI=1S/C17H13Cl2N5O2/c18-12-2-1-11(7-13(12)19)22-15-8-14(10-3-5-20-6-4-10)23-17(24-15)21-9-16(25)26/h1-8H,9H2,(H,25,26)(H2,21,22,23,24). The van der Waals surface area contributed by atoms with Crippen LogP contribution in [0.4, 0.5) is 17.5 Å². The molecule has 0 aliphatic rings. The van der Waals surface area contributed by atoms with Crippen molar-refractivity contribution in [2.24, 2.45) is 0 Å². The minimum Gasteiger partial charge on any atom is -0.480 e. The fraction of sp³-hybridized carbons (Fsp3) is 0.0588. The monoisotopic (exact) mass is 389 g/mol. The summed E-state index contributed by atoms with van der Waals surface area (Å²) < 4.78 is 0. The van der Waals surface area contributed by atoms with Crippen LogP contribution in [0.1, 0.15) is 0 Å². The summed E-state index contributed by atoms with van der Waals surface area (Å²) in [5.74, 6) is -0.357. The lowest BCUT2D eigenvalue weighted by Gasteiger charge is -2.11. The van der Waals surface area contributed by atoms with Crippen LogP contribution in [0.25, 0.3) is 11.3 Å². The number of aromatic nitrogens is 3. The van der Waals surface area contributed by atoms with Crippen LogP contribution in [0, 0.1) is 0 Å². The molecule has 3 aromatic rings. The maximum Gasteiger partial charge on any atom is 0.322 e. The Bertz CT molecular complexity index is 938. The Morgan fingerprint density at radius 1 is 1.04 bits per heavy atom. The molecule has 7 nitrogen and oxygen atoms in total. The average Bonchev–Trinajstić information content (AvgIpc) is 2.64. The van der Waals surface area contributed by atoms with Gasteiger partial charge in [0.1, 0.15) is 12.4 Å². The molecular formula is C17H13Cl2N5O2. The summed E-state index contributed by atoms with van der Waals surface area (Å²) >= 11 is 12.0. The number of rotatable bonds is 6. The van der Waals surface area contributed by atoms with Crippen LogP contribution >= 0.6 is 23.2 Å². The summed E-state index contributed by atoms with van der Waals surface area (Å²) in [7, 11) is 0. The maximum atomic E-state index is 10.8. The van der Waals surface area contributed by atoms with Gasteiger partial charge in [-0.15, -0.1) is 0 Å². The molecule has 9 heteroatoms. The maximum absolute atomic E-state index is 10.8. The second-order valence-electron chi connectivity index (χ2n) is 5.20. The zero-order valence-corrected chi connectivity index (χ0v) is 14.8. The van der Waals surface area contributed by atoms with E-state index in [1.807, 2.05) is 0 Å². The molecule has 0 saturated carbocycles. The summed E-state index contributed by atoms with van der Waals surface area (Å²) in [4.78, 5) is 23.4. The summed E-state index contributed by atoms with van der Waals surface area (Å²) in [5, 5.41) is 15.5. The topological polar surface area (TPSA) is 100 Å². The van der Waals surface area contributed by atoms with Crippen molar-refractivity contribution in [1.82, 2.24) is 15.0 Å². The molecule has 0 unspecified atom stereocenters. The van der Waals surface area contributed by atoms with E-state index >= 15 is 0 Å². The number of carboxylic acid groups (broad SMARTS) is 1. The summed E-state index contributed by atoms with van der Waals surface area (Å²) in [5.41, 5.74) is 2.11. The minimum atomic E-state index is -1.01. The number of nitrogens with one attached hydrogen (secondary N) is 2. The van der Waals surface area contributed by atoms with E-state index in [1.54, 1.807) is 48.8 Å². The molecule has 0 aliphatic heterocycles. The molecule has 0 saturated heterocycles. The second kappa shape index (κ2) is 7.99. The van der Waals surface area contributed by atoms with Crippen molar-refractivity contribution in [2.45, 2.75) is 0 Å². The smallest absolute Gasteiger partial charge is 0.322 e. The number of benzene rings is 1. The van der Waals surface area contributed by atoms with Crippen LogP contribution in [0.2, 0.25) is 10.0 Å². The van der Waals surface area contributed by atoms with Gasteiger partial charge in [0.2, 0.25) is 5.95 Å². The van der Waals surface area contributed by atoms with Gasteiger partial charge in [-0.05, 0) is 30.3 Å². The van der Waals surface area contributed by atoms with Gasteiger partial charge in [-0.3, -0.25) is 9.78 Å². The van der Waals surface area contributed by atoms with Crippen molar-refractivity contribution in [3.63, 3.8) is 0 Å². The molecule has 0 bridgehead atoms. The van der Waals surface area contributed by atoms with Gasteiger partial charge in [0.25, 0.3) is 0 Å². The van der Waals surface area contributed by atoms with Gasteiger partial charge in [-0.1, -0.05) is 23.2 Å². The lowest BCUT2D eigenvalue weighted by atomic mass is 10.2. The van der Waals surface area contributed by atoms with Crippen LogP contribution in [-0.4, -0.2) is 32.6 Å². The number of carboxylic acids is 1. The fourth-order valence-corrected chi connectivity index (χ4v) is 2.44. The van der Waals surface area contributed by atoms with Crippen molar-refractivity contribution in [2.75, 3.05) is 17.2 Å². The zero-order chi connectivity index (χ0) is 18.5. The van der Waals surface area contributed by atoms with Gasteiger partial charge in [0, 0.05) is 29.7 Å². The highest BCUT2D eigenvalue weighted by Crippen LogP contribution is 2.28. The normalized spacial score (nSPS) is 10.4. The Labute approximate surface area is 159 Å². The SMILES string of the molecule is O=C(O)CNc1nc(Nc2ccc(Cl)c(Cl)c2)cc(-c2ccncc2)n1. The van der Waals surface area contributed by atoms with E-state index in [9.17, 15) is 4.79 Å². The molecule has 0 radical (unpaired) electrons. The molecule has 0 aliphatic carbocycles. The van der Waals surface area contributed by atoms with Gasteiger partial charge in [0.05, 0.1) is 15.7 Å². The fourth-order valence-electron chi connectivity index (χ4n) is 2.14. The van der Waals surface area contributed by atoms with Crippen LogP contribution in [0.15, 0.2) is 48.8 Å². The summed E-state index contributed by atoms with van der Waals surface area (Å²) in [6.07, 6.45) is 3.29. The quantitative estimate of drug-likeness (QED) is 0.583. The number of anilines is 3. The first kappa shape index (κ1) is 17.9. The average molecular weight is 390 g/mol. The predicted molar refractivity (Wildman–Crippen MR) is 101 cm³/mol. The lowest BCUT2D eigenvalue weighted by molar-refractivity contribution is -0.134. The lowest BCUT2D eigenvalue weighted by Crippen LogP contribution is -2.15. The van der Waals surface area contributed by atoms with Crippen molar-refractivity contribution >= 4 is 46.6 Å². The number of nitrogens with zero attached hydrogens (tertiary/aromatic N) is 3. The van der Waals surface area contributed by atoms with Gasteiger partial charge < -0.3 is 15.7 Å². The highest BCUT2D eigenvalue weighted by molar-refractivity contribution is 6.42. The number of hydrogen-bond acceptors (Lipinski definition) is 6. The first-order valence-electron chi connectivity index (χ1n) is 7.48. The van der Waals surface area contributed by atoms with E-state index in [4.69, 9.17) is 28.3 Å². The Morgan fingerprint density at radius 2 is 1.81 bits per heavy atom.